The minimum atomic E-state index is -1.35. The Morgan fingerprint density at radius 2 is 1.39 bits per heavy atom. The van der Waals surface area contributed by atoms with E-state index in [-0.39, 0.29) is 11.8 Å². The molecule has 0 aliphatic carbocycles. The summed E-state index contributed by atoms with van der Waals surface area (Å²) >= 11 is -0.740. The zero-order valence-corrected chi connectivity index (χ0v) is 30.4. The molecule has 244 valence electrons. The van der Waals surface area contributed by atoms with Gasteiger partial charge in [-0.15, -0.1) is 0 Å². The minimum Gasteiger partial charge on any atom is -0.496 e. The Balaban J connectivity index is 2.51. The fourth-order valence-electron chi connectivity index (χ4n) is 3.92. The summed E-state index contributed by atoms with van der Waals surface area (Å²) < 4.78 is 29.9. The summed E-state index contributed by atoms with van der Waals surface area (Å²) in [4.78, 5) is 40.8. The summed E-state index contributed by atoms with van der Waals surface area (Å²) in [5.41, 5.74) is 0.0185. The van der Waals surface area contributed by atoms with Gasteiger partial charge in [-0.25, -0.2) is 14.4 Å². The van der Waals surface area contributed by atoms with Crippen molar-refractivity contribution in [3.63, 3.8) is 0 Å². The second kappa shape index (κ2) is 15.3. The lowest BCUT2D eigenvalue weighted by molar-refractivity contribution is -0.598. The average Bonchev–Trinajstić information content (AvgIpc) is 2.87. The van der Waals surface area contributed by atoms with E-state index in [9.17, 15) is 14.4 Å². The van der Waals surface area contributed by atoms with E-state index in [4.69, 9.17) is 23.7 Å². The maximum absolute atomic E-state index is 13.4. The Morgan fingerprint density at radius 1 is 0.841 bits per heavy atom. The molecule has 0 saturated heterocycles. The van der Waals surface area contributed by atoms with Crippen molar-refractivity contribution < 1.29 is 59.3 Å². The van der Waals surface area contributed by atoms with Crippen LogP contribution in [0.5, 0.6) is 11.5 Å². The van der Waals surface area contributed by atoms with E-state index in [1.807, 2.05) is 31.2 Å². The molecule has 0 spiro atoms. The maximum atomic E-state index is 13.4. The molecule has 0 N–H and O–H groups in total. The summed E-state index contributed by atoms with van der Waals surface area (Å²) in [6, 6.07) is 10.6. The maximum Gasteiger partial charge on any atom is 0.420 e. The van der Waals surface area contributed by atoms with Crippen LogP contribution in [0.2, 0.25) is 0 Å². The highest BCUT2D eigenvalue weighted by atomic mass is 127. The predicted molar refractivity (Wildman–Crippen MR) is 165 cm³/mol. The van der Waals surface area contributed by atoms with Crippen LogP contribution in [0.25, 0.3) is 0 Å². The number of benzene rings is 2. The van der Waals surface area contributed by atoms with E-state index in [2.05, 4.69) is 32.9 Å². The van der Waals surface area contributed by atoms with Crippen molar-refractivity contribution in [2.24, 2.45) is 5.41 Å². The number of halogens is 1. The Morgan fingerprint density at radius 3 is 1.84 bits per heavy atom. The molecule has 0 aliphatic heterocycles. The molecule has 2 rings (SSSR count). The highest BCUT2D eigenvalue weighted by molar-refractivity contribution is 5.94. The second-order valence-electron chi connectivity index (χ2n) is 13.7. The third kappa shape index (κ3) is 12.2. The van der Waals surface area contributed by atoms with E-state index >= 15 is 0 Å². The SMILES string of the molecule is COC(=O)[C@H](Cc1cc(OC)c(C)cc1[I+]c1ccc(OCCC(C)(C)C)cc1)N(C(=O)OC(C)(C)C)C(=O)OC(C)(C)C. The molecule has 0 unspecified atom stereocenters. The van der Waals surface area contributed by atoms with Crippen molar-refractivity contribution in [1.29, 1.82) is 0 Å². The van der Waals surface area contributed by atoms with Crippen molar-refractivity contribution in [3.05, 3.63) is 54.7 Å². The van der Waals surface area contributed by atoms with Crippen LogP contribution in [0.1, 0.15) is 79.9 Å². The Kier molecular flexibility index (Phi) is 12.9. The fraction of sp³-hybridized carbons (Fsp3) is 0.559. The first kappa shape index (κ1) is 37.2. The summed E-state index contributed by atoms with van der Waals surface area (Å²) in [5.74, 6) is 0.659. The first-order valence-corrected chi connectivity index (χ1v) is 16.8. The molecule has 1 atom stereocenters. The van der Waals surface area contributed by atoms with E-state index in [0.29, 0.717) is 12.4 Å². The van der Waals surface area contributed by atoms with Crippen LogP contribution in [0.3, 0.4) is 0 Å². The minimum absolute atomic E-state index is 0.0230. The van der Waals surface area contributed by atoms with Gasteiger partial charge in [-0.05, 0) is 102 Å². The van der Waals surface area contributed by atoms with Gasteiger partial charge >= 0.3 is 39.4 Å². The van der Waals surface area contributed by atoms with Crippen LogP contribution in [-0.4, -0.2) is 61.1 Å². The number of methoxy groups -OCH3 is 2. The molecule has 0 saturated carbocycles. The van der Waals surface area contributed by atoms with Crippen LogP contribution in [0.15, 0.2) is 36.4 Å². The van der Waals surface area contributed by atoms with Gasteiger partial charge in [-0.3, -0.25) is 0 Å². The molecule has 2 aromatic carbocycles. The molecule has 10 heteroatoms. The molecule has 0 radical (unpaired) electrons. The van der Waals surface area contributed by atoms with E-state index in [1.54, 1.807) is 48.7 Å². The quantitative estimate of drug-likeness (QED) is 0.204. The smallest absolute Gasteiger partial charge is 0.420 e. The van der Waals surface area contributed by atoms with E-state index < -0.39 is 56.6 Å². The summed E-state index contributed by atoms with van der Waals surface area (Å²) in [7, 11) is 2.79. The van der Waals surface area contributed by atoms with Crippen molar-refractivity contribution in [2.75, 3.05) is 20.8 Å². The van der Waals surface area contributed by atoms with Gasteiger partial charge in [0.05, 0.1) is 20.8 Å². The third-order valence-corrected chi connectivity index (χ3v) is 9.02. The molecule has 0 fully saturated rings. The highest BCUT2D eigenvalue weighted by Crippen LogP contribution is 2.24. The lowest BCUT2D eigenvalue weighted by Crippen LogP contribution is -3.61. The monoisotopic (exact) mass is 726 g/mol. The van der Waals surface area contributed by atoms with Gasteiger partial charge in [0.15, 0.2) is 7.14 Å². The number of rotatable bonds is 10. The van der Waals surface area contributed by atoms with Crippen molar-refractivity contribution in [1.82, 2.24) is 4.90 Å². The largest absolute Gasteiger partial charge is 0.496 e. The number of carbonyl (C=O) groups excluding carboxylic acids is 3. The zero-order chi connectivity index (χ0) is 33.5. The van der Waals surface area contributed by atoms with Crippen LogP contribution in [0.4, 0.5) is 9.59 Å². The average molecular weight is 727 g/mol. The molecule has 44 heavy (non-hydrogen) atoms. The van der Waals surface area contributed by atoms with Gasteiger partial charge < -0.3 is 23.7 Å². The lowest BCUT2D eigenvalue weighted by atomic mass is 9.93. The standard InChI is InChI=1S/C34H49INO8/c1-22-19-26(35-24-13-15-25(16-14-24)42-18-17-32(2,3)4)23(21-28(22)40-11)20-27(29(37)41-12)36(30(38)43-33(5,6)7)31(39)44-34(8,9)10/h13-16,19,21,27H,17-18,20H2,1-12H3/q+1/t27-/m0/s1. The molecule has 0 heterocycles. The van der Waals surface area contributed by atoms with E-state index in [0.717, 1.165) is 35.3 Å². The lowest BCUT2D eigenvalue weighted by Gasteiger charge is -2.32. The van der Waals surface area contributed by atoms with Crippen molar-refractivity contribution in [3.8, 4) is 11.5 Å². The van der Waals surface area contributed by atoms with Crippen LogP contribution in [-0.2, 0) is 25.4 Å². The number of hydrogen-bond donors (Lipinski definition) is 0. The number of imide groups is 1. The molecule has 2 amide bonds. The molecule has 0 bridgehead atoms. The summed E-state index contributed by atoms with van der Waals surface area (Å²) in [6.45, 7) is 19.2. The number of carbonyl (C=O) groups is 3. The Labute approximate surface area is 273 Å². The molecule has 0 aromatic heterocycles. The first-order chi connectivity index (χ1) is 20.2. The molecule has 0 aliphatic rings. The van der Waals surface area contributed by atoms with Gasteiger partial charge in [-0.2, -0.15) is 4.90 Å². The molecular formula is C34H49INO8+. The fourth-order valence-corrected chi connectivity index (χ4v) is 6.66. The van der Waals surface area contributed by atoms with Crippen molar-refractivity contribution in [2.45, 2.75) is 99.3 Å². The number of hydrogen-bond acceptors (Lipinski definition) is 8. The topological polar surface area (TPSA) is 101 Å². The first-order valence-electron chi connectivity index (χ1n) is 14.6. The Bertz CT molecular complexity index is 1260. The van der Waals surface area contributed by atoms with Crippen LogP contribution in [0, 0.1) is 19.5 Å². The molecule has 9 nitrogen and oxygen atoms in total. The molecule has 2 aromatic rings. The van der Waals surface area contributed by atoms with Gasteiger partial charge in [-0.1, -0.05) is 20.8 Å². The van der Waals surface area contributed by atoms with Crippen LogP contribution < -0.4 is 30.7 Å². The summed E-state index contributed by atoms with van der Waals surface area (Å²) in [6.07, 6.45) is -1.08. The van der Waals surface area contributed by atoms with Gasteiger partial charge in [0, 0.05) is 12.0 Å². The second-order valence-corrected chi connectivity index (χ2v) is 16.6. The number of aryl methyl sites for hydroxylation is 1. The zero-order valence-electron chi connectivity index (χ0n) is 28.3. The number of esters is 1. The normalized spacial score (nSPS) is 12.6. The third-order valence-electron chi connectivity index (χ3n) is 6.09. The number of nitrogens with zero attached hydrogens (tertiary/aromatic N) is 1. The van der Waals surface area contributed by atoms with Gasteiger partial charge in [0.25, 0.3) is 0 Å². The van der Waals surface area contributed by atoms with E-state index in [1.165, 1.54) is 7.11 Å². The highest BCUT2D eigenvalue weighted by Gasteiger charge is 2.42. The van der Waals surface area contributed by atoms with Crippen molar-refractivity contribution >= 4 is 18.2 Å². The predicted octanol–water partition coefficient (Wildman–Crippen LogP) is 4.20. The number of amides is 2. The molecular weight excluding hydrogens is 677 g/mol. The summed E-state index contributed by atoms with van der Waals surface area (Å²) in [5, 5.41) is 0. The Hall–Kier alpha value is -3.02. The van der Waals surface area contributed by atoms with Gasteiger partial charge in [0.2, 0.25) is 0 Å². The number of ether oxygens (including phenoxy) is 5. The van der Waals surface area contributed by atoms with Crippen LogP contribution >= 0.6 is 0 Å². The van der Waals surface area contributed by atoms with Gasteiger partial charge in [0.1, 0.15) is 28.7 Å².